The van der Waals surface area contributed by atoms with E-state index < -0.39 is 0 Å². The average Bonchev–Trinajstić information content (AvgIpc) is 1.81. The van der Waals surface area contributed by atoms with Gasteiger partial charge in [0.1, 0.15) is 4.32 Å². The maximum absolute atomic E-state index is 8.60. The zero-order valence-electron chi connectivity index (χ0n) is 6.24. The minimum Gasteiger partial charge on any atom is -0.395 e. The molecule has 4 heteroatoms. The molecule has 1 N–H and O–H groups in total. The normalized spacial score (nSPS) is 10.1. The molecule has 0 saturated heterocycles. The van der Waals surface area contributed by atoms with Gasteiger partial charge < -0.3 is 10.0 Å². The van der Waals surface area contributed by atoms with E-state index in [1.807, 2.05) is 18.7 Å². The molecule has 0 atom stereocenters. The van der Waals surface area contributed by atoms with Crippen molar-refractivity contribution < 1.29 is 5.11 Å². The molecule has 0 unspecified atom stereocenters. The summed E-state index contributed by atoms with van der Waals surface area (Å²) < 4.78 is 0.545. The Balaban J connectivity index is 3.85. The third-order valence-corrected chi connectivity index (χ3v) is 1.70. The van der Waals surface area contributed by atoms with Crippen LogP contribution >= 0.6 is 24.8 Å². The number of hydrogen-bond donors (Lipinski definition) is 2. The van der Waals surface area contributed by atoms with Crippen molar-refractivity contribution in [2.75, 3.05) is 13.2 Å². The minimum absolute atomic E-state index is 0.124. The predicted octanol–water partition coefficient (Wildman–Crippen LogP) is 0.904. The lowest BCUT2D eigenvalue weighted by Crippen LogP contribution is -2.35. The van der Waals surface area contributed by atoms with Gasteiger partial charge in [-0.3, -0.25) is 0 Å². The lowest BCUT2D eigenvalue weighted by molar-refractivity contribution is 0.235. The SMILES string of the molecule is CC(C)N(CCO)C(=S)S. The van der Waals surface area contributed by atoms with Crippen molar-refractivity contribution in [2.45, 2.75) is 19.9 Å². The molecule has 0 amide bonds. The van der Waals surface area contributed by atoms with Crippen molar-refractivity contribution in [3.05, 3.63) is 0 Å². The van der Waals surface area contributed by atoms with Gasteiger partial charge in [-0.1, -0.05) is 12.2 Å². The lowest BCUT2D eigenvalue weighted by Gasteiger charge is -2.25. The number of thiocarbonyl (C=S) groups is 1. The molecule has 0 bridgehead atoms. The Bertz CT molecular complexity index is 116. The summed E-state index contributed by atoms with van der Waals surface area (Å²) in [6.07, 6.45) is 0. The summed E-state index contributed by atoms with van der Waals surface area (Å²) in [4.78, 5) is 1.86. The first-order chi connectivity index (χ1) is 4.59. The second-order valence-corrected chi connectivity index (χ2v) is 3.41. The van der Waals surface area contributed by atoms with E-state index in [9.17, 15) is 0 Å². The first kappa shape index (κ1) is 10.2. The Morgan fingerprint density at radius 3 is 2.30 bits per heavy atom. The number of aliphatic hydroxyl groups is 1. The quantitative estimate of drug-likeness (QED) is 0.497. The maximum atomic E-state index is 8.60. The van der Waals surface area contributed by atoms with Gasteiger partial charge in [-0.05, 0) is 13.8 Å². The largest absolute Gasteiger partial charge is 0.395 e. The summed E-state index contributed by atoms with van der Waals surface area (Å²) in [6.45, 7) is 4.72. The minimum atomic E-state index is 0.124. The van der Waals surface area contributed by atoms with Crippen LogP contribution in [0.5, 0.6) is 0 Å². The molecule has 60 valence electrons. The van der Waals surface area contributed by atoms with E-state index in [-0.39, 0.29) is 6.61 Å². The molecule has 0 aliphatic rings. The van der Waals surface area contributed by atoms with Crippen LogP contribution in [0.3, 0.4) is 0 Å². The molecule has 0 aliphatic carbocycles. The molecule has 0 aromatic carbocycles. The van der Waals surface area contributed by atoms with Crippen LogP contribution in [-0.4, -0.2) is 33.5 Å². The van der Waals surface area contributed by atoms with E-state index in [0.717, 1.165) is 0 Å². The zero-order chi connectivity index (χ0) is 8.15. The Hall–Kier alpha value is 0.200. The van der Waals surface area contributed by atoms with Crippen molar-refractivity contribution in [2.24, 2.45) is 0 Å². The standard InChI is InChI=1S/C6H13NOS2/c1-5(2)7(3-4-8)6(9)10/h5,8H,3-4H2,1-2H3,(H,9,10). The Morgan fingerprint density at radius 1 is 1.70 bits per heavy atom. The summed E-state index contributed by atoms with van der Waals surface area (Å²) >= 11 is 8.85. The number of nitrogens with zero attached hydrogens (tertiary/aromatic N) is 1. The van der Waals surface area contributed by atoms with Gasteiger partial charge in [0.25, 0.3) is 0 Å². The summed E-state index contributed by atoms with van der Waals surface area (Å²) in [6, 6.07) is 0.317. The Labute approximate surface area is 72.6 Å². The van der Waals surface area contributed by atoms with E-state index in [0.29, 0.717) is 16.9 Å². The third kappa shape index (κ3) is 3.39. The summed E-state index contributed by atoms with van der Waals surface area (Å²) in [5.74, 6) is 0. The highest BCUT2D eigenvalue weighted by molar-refractivity contribution is 8.10. The van der Waals surface area contributed by atoms with Crippen LogP contribution in [-0.2, 0) is 0 Å². The Kier molecular flexibility index (Phi) is 5.03. The first-order valence-electron chi connectivity index (χ1n) is 3.20. The highest BCUT2D eigenvalue weighted by atomic mass is 32.1. The molecule has 0 fully saturated rings. The summed E-state index contributed by atoms with van der Waals surface area (Å²) in [5, 5.41) is 8.60. The van der Waals surface area contributed by atoms with Crippen molar-refractivity contribution in [3.8, 4) is 0 Å². The fourth-order valence-corrected chi connectivity index (χ4v) is 1.32. The van der Waals surface area contributed by atoms with Crippen LogP contribution in [0.1, 0.15) is 13.8 Å². The van der Waals surface area contributed by atoms with Crippen LogP contribution in [0.25, 0.3) is 0 Å². The van der Waals surface area contributed by atoms with Crippen LogP contribution in [0.15, 0.2) is 0 Å². The number of aliphatic hydroxyl groups excluding tert-OH is 1. The molecule has 0 aromatic heterocycles. The van der Waals surface area contributed by atoms with Gasteiger partial charge >= 0.3 is 0 Å². The van der Waals surface area contributed by atoms with Gasteiger partial charge in [0.2, 0.25) is 0 Å². The molecule has 10 heavy (non-hydrogen) atoms. The van der Waals surface area contributed by atoms with Gasteiger partial charge in [0.05, 0.1) is 6.61 Å². The lowest BCUT2D eigenvalue weighted by atomic mass is 10.3. The number of thiol groups is 1. The average molecular weight is 179 g/mol. The third-order valence-electron chi connectivity index (χ3n) is 1.21. The predicted molar refractivity (Wildman–Crippen MR) is 50.5 cm³/mol. The van der Waals surface area contributed by atoms with E-state index >= 15 is 0 Å². The number of rotatable bonds is 3. The van der Waals surface area contributed by atoms with Crippen molar-refractivity contribution in [3.63, 3.8) is 0 Å². The molecule has 2 nitrogen and oxygen atoms in total. The monoisotopic (exact) mass is 179 g/mol. The van der Waals surface area contributed by atoms with Gasteiger partial charge in [-0.25, -0.2) is 0 Å². The van der Waals surface area contributed by atoms with E-state index in [2.05, 4.69) is 12.6 Å². The van der Waals surface area contributed by atoms with Gasteiger partial charge in [0.15, 0.2) is 0 Å². The van der Waals surface area contributed by atoms with Gasteiger partial charge in [-0.15, -0.1) is 12.6 Å². The Morgan fingerprint density at radius 2 is 2.20 bits per heavy atom. The molecule has 0 heterocycles. The second kappa shape index (κ2) is 4.93. The fraction of sp³-hybridized carbons (Fsp3) is 0.833. The van der Waals surface area contributed by atoms with Gasteiger partial charge in [-0.2, -0.15) is 0 Å². The van der Waals surface area contributed by atoms with Crippen molar-refractivity contribution in [1.82, 2.24) is 4.90 Å². The second-order valence-electron chi connectivity index (χ2n) is 2.29. The summed E-state index contributed by atoms with van der Waals surface area (Å²) in [5.41, 5.74) is 0. The fourth-order valence-electron chi connectivity index (χ4n) is 0.682. The molecule has 0 saturated carbocycles. The van der Waals surface area contributed by atoms with Crippen molar-refractivity contribution >= 4 is 29.2 Å². The molecular formula is C6H13NOS2. The molecule has 0 radical (unpaired) electrons. The van der Waals surface area contributed by atoms with Gasteiger partial charge in [0, 0.05) is 12.6 Å². The van der Waals surface area contributed by atoms with E-state index in [4.69, 9.17) is 17.3 Å². The summed E-state index contributed by atoms with van der Waals surface area (Å²) in [7, 11) is 0. The molecular weight excluding hydrogens is 166 g/mol. The molecule has 0 aromatic rings. The van der Waals surface area contributed by atoms with Crippen LogP contribution in [0, 0.1) is 0 Å². The van der Waals surface area contributed by atoms with Crippen LogP contribution in [0.2, 0.25) is 0 Å². The molecule has 0 spiro atoms. The van der Waals surface area contributed by atoms with Crippen LogP contribution < -0.4 is 0 Å². The topological polar surface area (TPSA) is 23.5 Å². The van der Waals surface area contributed by atoms with E-state index in [1.165, 1.54) is 0 Å². The van der Waals surface area contributed by atoms with E-state index in [1.54, 1.807) is 0 Å². The highest BCUT2D eigenvalue weighted by Gasteiger charge is 2.08. The number of hydrogen-bond acceptors (Lipinski definition) is 2. The smallest absolute Gasteiger partial charge is 0.133 e. The molecule has 0 aliphatic heterocycles. The van der Waals surface area contributed by atoms with Crippen molar-refractivity contribution in [1.29, 1.82) is 0 Å². The highest BCUT2D eigenvalue weighted by Crippen LogP contribution is 2.01. The molecule has 0 rings (SSSR count). The zero-order valence-corrected chi connectivity index (χ0v) is 7.95. The maximum Gasteiger partial charge on any atom is 0.133 e. The first-order valence-corrected chi connectivity index (χ1v) is 4.05. The van der Waals surface area contributed by atoms with Crippen LogP contribution in [0.4, 0.5) is 0 Å².